The topological polar surface area (TPSA) is 29.5 Å². The smallest absolute Gasteiger partial charge is 0.185 e. The average Bonchev–Trinajstić information content (AvgIpc) is 3.22. The second-order valence-electron chi connectivity index (χ2n) is 7.98. The van der Waals surface area contributed by atoms with Crippen LogP contribution in [0.5, 0.6) is 5.75 Å². The molecular weight excluding hydrogens is 382 g/mol. The van der Waals surface area contributed by atoms with Crippen molar-refractivity contribution in [2.45, 2.75) is 26.5 Å². The highest BCUT2D eigenvalue weighted by Crippen LogP contribution is 2.27. The molecule has 1 aliphatic rings. The Hall–Kier alpha value is -3.59. The van der Waals surface area contributed by atoms with Gasteiger partial charge in [0, 0.05) is 36.8 Å². The van der Waals surface area contributed by atoms with Crippen LogP contribution in [0.25, 0.3) is 6.08 Å². The number of rotatable bonds is 8. The summed E-state index contributed by atoms with van der Waals surface area (Å²) in [5.74, 6) is 0.728. The fraction of sp³-hybridized carbons (Fsp3) is 0.179. The first kappa shape index (κ1) is 20.7. The van der Waals surface area contributed by atoms with E-state index in [0.717, 1.165) is 29.8 Å². The average molecular weight is 410 g/mol. The molecule has 0 saturated heterocycles. The molecule has 156 valence electrons. The normalized spacial score (nSPS) is 12.1. The zero-order valence-electron chi connectivity index (χ0n) is 18.1. The van der Waals surface area contributed by atoms with Crippen LogP contribution in [0.2, 0.25) is 0 Å². The van der Waals surface area contributed by atoms with Gasteiger partial charge in [-0.15, -0.1) is 0 Å². The van der Waals surface area contributed by atoms with E-state index in [-0.39, 0.29) is 5.78 Å². The third-order valence-corrected chi connectivity index (χ3v) is 5.74. The van der Waals surface area contributed by atoms with Gasteiger partial charge in [0.2, 0.25) is 0 Å². The molecule has 4 rings (SSSR count). The quantitative estimate of drug-likeness (QED) is 0.339. The van der Waals surface area contributed by atoms with Crippen molar-refractivity contribution in [3.8, 4) is 5.75 Å². The Kier molecular flexibility index (Phi) is 6.03. The van der Waals surface area contributed by atoms with Gasteiger partial charge in [-0.2, -0.15) is 0 Å². The van der Waals surface area contributed by atoms with E-state index in [2.05, 4.69) is 61.0 Å². The minimum atomic E-state index is -0.0714. The predicted molar refractivity (Wildman–Crippen MR) is 126 cm³/mol. The van der Waals surface area contributed by atoms with E-state index in [1.807, 2.05) is 37.3 Å². The van der Waals surface area contributed by atoms with E-state index >= 15 is 0 Å². The maximum Gasteiger partial charge on any atom is 0.185 e. The first-order valence-electron chi connectivity index (χ1n) is 10.5. The van der Waals surface area contributed by atoms with E-state index in [1.54, 1.807) is 0 Å². The summed E-state index contributed by atoms with van der Waals surface area (Å²) < 4.78 is 6.06. The molecule has 0 N–H and O–H groups in total. The minimum absolute atomic E-state index is 0.0714. The molecule has 0 aliphatic heterocycles. The van der Waals surface area contributed by atoms with Gasteiger partial charge in [0.15, 0.2) is 5.78 Å². The largest absolute Gasteiger partial charge is 0.489 e. The highest BCUT2D eigenvalue weighted by atomic mass is 16.5. The summed E-state index contributed by atoms with van der Waals surface area (Å²) in [6.45, 7) is 6.71. The SMILES string of the molecule is C=CC(=O)c1c(C)cccc1COc1cccc(CN(C)C2=Cc3ccccc3C2)c1. The van der Waals surface area contributed by atoms with E-state index < -0.39 is 0 Å². The molecule has 1 aliphatic carbocycles. The number of likely N-dealkylation sites (N-methyl/N-ethyl adjacent to an activating group) is 1. The Balaban J connectivity index is 1.44. The van der Waals surface area contributed by atoms with Gasteiger partial charge in [-0.25, -0.2) is 0 Å². The molecule has 31 heavy (non-hydrogen) atoms. The van der Waals surface area contributed by atoms with Crippen molar-refractivity contribution in [1.29, 1.82) is 0 Å². The van der Waals surface area contributed by atoms with Gasteiger partial charge in [-0.05, 0) is 53.5 Å². The van der Waals surface area contributed by atoms with Crippen LogP contribution in [-0.2, 0) is 19.6 Å². The molecule has 0 unspecified atom stereocenters. The van der Waals surface area contributed by atoms with Gasteiger partial charge in [0.1, 0.15) is 12.4 Å². The minimum Gasteiger partial charge on any atom is -0.489 e. The van der Waals surface area contributed by atoms with Gasteiger partial charge in [0.05, 0.1) is 0 Å². The summed E-state index contributed by atoms with van der Waals surface area (Å²) in [5, 5.41) is 0. The van der Waals surface area contributed by atoms with Gasteiger partial charge in [-0.3, -0.25) is 4.79 Å². The number of ketones is 1. The number of hydrogen-bond acceptors (Lipinski definition) is 3. The van der Waals surface area contributed by atoms with E-state index in [0.29, 0.717) is 12.2 Å². The standard InChI is InChI=1S/C28H27NO2/c1-4-27(30)28-20(2)9-7-13-24(28)19-31-26-14-8-10-21(15-26)18-29(3)25-16-22-11-5-6-12-23(22)17-25/h4-16H,1,17-19H2,2-3H3. The number of aryl methyl sites for hydroxylation is 1. The second-order valence-corrected chi connectivity index (χ2v) is 7.98. The number of allylic oxidation sites excluding steroid dienone is 2. The second kappa shape index (κ2) is 9.05. The summed E-state index contributed by atoms with van der Waals surface area (Å²) in [4.78, 5) is 14.6. The lowest BCUT2D eigenvalue weighted by molar-refractivity contribution is 0.104. The fourth-order valence-corrected chi connectivity index (χ4v) is 4.08. The lowest BCUT2D eigenvalue weighted by Gasteiger charge is -2.21. The van der Waals surface area contributed by atoms with Crippen LogP contribution in [0.15, 0.2) is 85.1 Å². The van der Waals surface area contributed by atoms with Crippen molar-refractivity contribution >= 4 is 11.9 Å². The van der Waals surface area contributed by atoms with Crippen molar-refractivity contribution < 1.29 is 9.53 Å². The molecule has 0 aromatic heterocycles. The summed E-state index contributed by atoms with van der Waals surface area (Å²) in [6, 6.07) is 22.5. The number of carbonyl (C=O) groups is 1. The van der Waals surface area contributed by atoms with Crippen molar-refractivity contribution in [2.75, 3.05) is 7.05 Å². The molecule has 3 aromatic rings. The van der Waals surface area contributed by atoms with Crippen LogP contribution in [0.4, 0.5) is 0 Å². The van der Waals surface area contributed by atoms with Crippen LogP contribution in [-0.4, -0.2) is 17.7 Å². The lowest BCUT2D eigenvalue weighted by Crippen LogP contribution is -2.17. The Morgan fingerprint density at radius 2 is 1.90 bits per heavy atom. The number of ether oxygens (including phenoxy) is 1. The van der Waals surface area contributed by atoms with Crippen LogP contribution >= 0.6 is 0 Å². The van der Waals surface area contributed by atoms with E-state index in [9.17, 15) is 4.79 Å². The summed E-state index contributed by atoms with van der Waals surface area (Å²) in [6.07, 6.45) is 4.60. The number of fused-ring (bicyclic) bond motifs is 1. The fourth-order valence-electron chi connectivity index (χ4n) is 4.08. The molecule has 0 atom stereocenters. The zero-order chi connectivity index (χ0) is 21.8. The highest BCUT2D eigenvalue weighted by Gasteiger charge is 2.16. The number of hydrogen-bond donors (Lipinski definition) is 0. The molecule has 0 amide bonds. The Morgan fingerprint density at radius 1 is 1.10 bits per heavy atom. The summed E-state index contributed by atoms with van der Waals surface area (Å²) in [5.41, 5.74) is 7.69. The Bertz CT molecular complexity index is 1160. The maximum absolute atomic E-state index is 12.3. The molecule has 0 bridgehead atoms. The van der Waals surface area contributed by atoms with Gasteiger partial charge < -0.3 is 9.64 Å². The third-order valence-electron chi connectivity index (χ3n) is 5.74. The zero-order valence-corrected chi connectivity index (χ0v) is 18.1. The maximum atomic E-state index is 12.3. The lowest BCUT2D eigenvalue weighted by atomic mass is 9.98. The van der Waals surface area contributed by atoms with Crippen LogP contribution in [0.3, 0.4) is 0 Å². The molecule has 0 saturated carbocycles. The molecule has 0 spiro atoms. The Labute approximate surface area is 184 Å². The summed E-state index contributed by atoms with van der Waals surface area (Å²) in [7, 11) is 2.13. The first-order valence-corrected chi connectivity index (χ1v) is 10.5. The van der Waals surface area contributed by atoms with Crippen LogP contribution in [0.1, 0.15) is 38.2 Å². The van der Waals surface area contributed by atoms with Crippen LogP contribution in [0, 0.1) is 6.92 Å². The highest BCUT2D eigenvalue weighted by molar-refractivity contribution is 6.06. The van der Waals surface area contributed by atoms with Crippen molar-refractivity contribution in [2.24, 2.45) is 0 Å². The number of carbonyl (C=O) groups excluding carboxylic acids is 1. The molecule has 3 aromatic carbocycles. The molecule has 3 heteroatoms. The van der Waals surface area contributed by atoms with E-state index in [1.165, 1.54) is 28.5 Å². The number of nitrogens with zero attached hydrogens (tertiary/aromatic N) is 1. The Morgan fingerprint density at radius 3 is 2.71 bits per heavy atom. The first-order chi connectivity index (χ1) is 15.0. The summed E-state index contributed by atoms with van der Waals surface area (Å²) >= 11 is 0. The molecule has 0 radical (unpaired) electrons. The predicted octanol–water partition coefficient (Wildman–Crippen LogP) is 5.97. The monoisotopic (exact) mass is 409 g/mol. The van der Waals surface area contributed by atoms with Crippen molar-refractivity contribution in [1.82, 2.24) is 4.90 Å². The molecule has 0 heterocycles. The van der Waals surface area contributed by atoms with Crippen molar-refractivity contribution in [3.63, 3.8) is 0 Å². The van der Waals surface area contributed by atoms with Gasteiger partial charge in [-0.1, -0.05) is 61.2 Å². The van der Waals surface area contributed by atoms with Gasteiger partial charge in [0.25, 0.3) is 0 Å². The van der Waals surface area contributed by atoms with Crippen LogP contribution < -0.4 is 4.74 Å². The number of benzene rings is 3. The van der Waals surface area contributed by atoms with Gasteiger partial charge >= 0.3 is 0 Å². The molecule has 3 nitrogen and oxygen atoms in total. The molecular formula is C28H27NO2. The van der Waals surface area contributed by atoms with Crippen molar-refractivity contribution in [3.05, 3.63) is 118 Å². The third kappa shape index (κ3) is 4.61. The molecule has 0 fully saturated rings. The van der Waals surface area contributed by atoms with E-state index in [4.69, 9.17) is 4.74 Å².